The van der Waals surface area contributed by atoms with Crippen molar-refractivity contribution >= 4 is 27.3 Å². The van der Waals surface area contributed by atoms with Crippen molar-refractivity contribution in [1.82, 2.24) is 15.5 Å². The van der Waals surface area contributed by atoms with E-state index in [4.69, 9.17) is 0 Å². The number of nitrogens with zero attached hydrogens (tertiary/aromatic N) is 2. The van der Waals surface area contributed by atoms with Crippen LogP contribution in [0.3, 0.4) is 0 Å². The smallest absolute Gasteiger partial charge is 0.150 e. The third kappa shape index (κ3) is 3.42. The second-order valence-electron chi connectivity index (χ2n) is 4.46. The molecule has 0 spiro atoms. The maximum Gasteiger partial charge on any atom is 0.150 e. The van der Waals surface area contributed by atoms with E-state index in [1.165, 1.54) is 11.3 Å². The van der Waals surface area contributed by atoms with Crippen molar-refractivity contribution in [2.24, 2.45) is 0 Å². The molecule has 108 valence electrons. The van der Waals surface area contributed by atoms with Crippen molar-refractivity contribution < 1.29 is 4.39 Å². The van der Waals surface area contributed by atoms with Crippen LogP contribution in [0, 0.1) is 5.82 Å². The highest BCUT2D eigenvalue weighted by Crippen LogP contribution is 2.32. The number of rotatable bonds is 6. The first-order valence-electron chi connectivity index (χ1n) is 6.68. The molecular formula is C14H17BrFN3S. The standard InChI is InChI=1S/C14H17BrFN3S/c1-3-8-17-11(4-2)14-19-18-13(20-14)9-6-5-7-10(15)12(9)16/h5-7,11,17H,3-4,8H2,1-2H3. The van der Waals surface area contributed by atoms with Gasteiger partial charge in [0.1, 0.15) is 10.8 Å². The monoisotopic (exact) mass is 357 g/mol. The molecule has 3 nitrogen and oxygen atoms in total. The summed E-state index contributed by atoms with van der Waals surface area (Å²) in [5.41, 5.74) is 0.494. The summed E-state index contributed by atoms with van der Waals surface area (Å²) in [7, 11) is 0. The van der Waals surface area contributed by atoms with Gasteiger partial charge in [0.25, 0.3) is 0 Å². The van der Waals surface area contributed by atoms with Gasteiger partial charge in [-0.2, -0.15) is 0 Å². The van der Waals surface area contributed by atoms with Gasteiger partial charge in [-0.1, -0.05) is 31.3 Å². The highest BCUT2D eigenvalue weighted by Gasteiger charge is 2.17. The average molecular weight is 358 g/mol. The third-order valence-electron chi connectivity index (χ3n) is 2.97. The number of nitrogens with one attached hydrogen (secondary N) is 1. The zero-order valence-electron chi connectivity index (χ0n) is 11.5. The number of halogens is 2. The van der Waals surface area contributed by atoms with Gasteiger partial charge < -0.3 is 5.32 Å². The summed E-state index contributed by atoms with van der Waals surface area (Å²) in [6, 6.07) is 5.40. The molecule has 0 fully saturated rings. The van der Waals surface area contributed by atoms with Gasteiger partial charge in [-0.3, -0.25) is 0 Å². The van der Waals surface area contributed by atoms with Crippen LogP contribution in [0.4, 0.5) is 4.39 Å². The predicted molar refractivity (Wildman–Crippen MR) is 84.3 cm³/mol. The molecule has 0 amide bonds. The van der Waals surface area contributed by atoms with Gasteiger partial charge in [0.15, 0.2) is 5.01 Å². The van der Waals surface area contributed by atoms with E-state index in [1.54, 1.807) is 18.2 Å². The maximum atomic E-state index is 14.1. The molecule has 1 heterocycles. The van der Waals surface area contributed by atoms with E-state index in [0.717, 1.165) is 24.4 Å². The second-order valence-corrected chi connectivity index (χ2v) is 6.33. The van der Waals surface area contributed by atoms with Crippen LogP contribution in [0.15, 0.2) is 22.7 Å². The van der Waals surface area contributed by atoms with Crippen LogP contribution < -0.4 is 5.32 Å². The van der Waals surface area contributed by atoms with Gasteiger partial charge in [-0.05, 0) is 47.4 Å². The SMILES string of the molecule is CCCNC(CC)c1nnc(-c2cccc(Br)c2F)s1. The molecule has 0 saturated carbocycles. The van der Waals surface area contributed by atoms with Gasteiger partial charge in [0, 0.05) is 5.56 Å². The summed E-state index contributed by atoms with van der Waals surface area (Å²) in [4.78, 5) is 0. The quantitative estimate of drug-likeness (QED) is 0.823. The molecule has 2 rings (SSSR count). The Bertz CT molecular complexity index is 573. The van der Waals surface area contributed by atoms with Crippen molar-refractivity contribution in [3.8, 4) is 10.6 Å². The Kier molecular flexibility index (Phi) is 5.63. The third-order valence-corrected chi connectivity index (χ3v) is 4.65. The Morgan fingerprint density at radius 1 is 1.35 bits per heavy atom. The van der Waals surface area contributed by atoms with E-state index in [2.05, 4.69) is 45.3 Å². The van der Waals surface area contributed by atoms with Gasteiger partial charge in [-0.25, -0.2) is 4.39 Å². The van der Waals surface area contributed by atoms with E-state index in [0.29, 0.717) is 15.0 Å². The zero-order chi connectivity index (χ0) is 14.5. The Hall–Kier alpha value is -0.850. The fourth-order valence-electron chi connectivity index (χ4n) is 1.88. The molecule has 1 atom stereocenters. The highest BCUT2D eigenvalue weighted by molar-refractivity contribution is 9.10. The van der Waals surface area contributed by atoms with E-state index in [1.807, 2.05) is 0 Å². The minimum atomic E-state index is -0.287. The van der Waals surface area contributed by atoms with E-state index >= 15 is 0 Å². The Morgan fingerprint density at radius 2 is 2.15 bits per heavy atom. The lowest BCUT2D eigenvalue weighted by molar-refractivity contribution is 0.513. The fraction of sp³-hybridized carbons (Fsp3) is 0.429. The predicted octanol–water partition coefficient (Wildman–Crippen LogP) is 4.56. The minimum absolute atomic E-state index is 0.191. The molecule has 1 aromatic carbocycles. The number of hydrogen-bond acceptors (Lipinski definition) is 4. The number of aromatic nitrogens is 2. The van der Waals surface area contributed by atoms with Crippen LogP contribution in [0.25, 0.3) is 10.6 Å². The summed E-state index contributed by atoms with van der Waals surface area (Å²) in [6.45, 7) is 5.18. The highest BCUT2D eigenvalue weighted by atomic mass is 79.9. The van der Waals surface area contributed by atoms with Gasteiger partial charge in [0.2, 0.25) is 0 Å². The summed E-state index contributed by atoms with van der Waals surface area (Å²) in [6.07, 6.45) is 2.01. The average Bonchev–Trinajstić information content (AvgIpc) is 2.92. The molecule has 2 aromatic rings. The molecular weight excluding hydrogens is 341 g/mol. The molecule has 0 aliphatic rings. The van der Waals surface area contributed by atoms with Crippen LogP contribution in [0.5, 0.6) is 0 Å². The first-order chi connectivity index (χ1) is 9.67. The normalized spacial score (nSPS) is 12.6. The van der Waals surface area contributed by atoms with E-state index in [-0.39, 0.29) is 11.9 Å². The lowest BCUT2D eigenvalue weighted by Crippen LogP contribution is -2.21. The molecule has 0 aliphatic heterocycles. The van der Waals surface area contributed by atoms with Crippen molar-refractivity contribution in [2.75, 3.05) is 6.54 Å². The van der Waals surface area contributed by atoms with Crippen LogP contribution >= 0.6 is 27.3 Å². The summed E-state index contributed by atoms with van der Waals surface area (Å²) >= 11 is 4.64. The molecule has 1 N–H and O–H groups in total. The molecule has 20 heavy (non-hydrogen) atoms. The van der Waals surface area contributed by atoms with Crippen molar-refractivity contribution in [1.29, 1.82) is 0 Å². The van der Waals surface area contributed by atoms with Crippen molar-refractivity contribution in [2.45, 2.75) is 32.7 Å². The van der Waals surface area contributed by atoms with E-state index < -0.39 is 0 Å². The van der Waals surface area contributed by atoms with Crippen molar-refractivity contribution in [3.63, 3.8) is 0 Å². The number of benzene rings is 1. The molecule has 1 unspecified atom stereocenters. The lowest BCUT2D eigenvalue weighted by atomic mass is 10.2. The number of hydrogen-bond donors (Lipinski definition) is 1. The Balaban J connectivity index is 2.26. The van der Waals surface area contributed by atoms with Crippen molar-refractivity contribution in [3.05, 3.63) is 33.5 Å². The lowest BCUT2D eigenvalue weighted by Gasteiger charge is -2.12. The first kappa shape index (κ1) is 15.5. The summed E-state index contributed by atoms with van der Waals surface area (Å²) < 4.78 is 14.5. The molecule has 6 heteroatoms. The Morgan fingerprint density at radius 3 is 2.85 bits per heavy atom. The van der Waals surface area contributed by atoms with Crippen LogP contribution in [-0.2, 0) is 0 Å². The van der Waals surface area contributed by atoms with E-state index in [9.17, 15) is 4.39 Å². The molecule has 0 radical (unpaired) electrons. The first-order valence-corrected chi connectivity index (χ1v) is 8.29. The summed E-state index contributed by atoms with van der Waals surface area (Å²) in [5.74, 6) is -0.287. The topological polar surface area (TPSA) is 37.8 Å². The summed E-state index contributed by atoms with van der Waals surface area (Å²) in [5, 5.41) is 13.3. The van der Waals surface area contributed by atoms with Crippen LogP contribution in [-0.4, -0.2) is 16.7 Å². The second kappa shape index (κ2) is 7.24. The molecule has 0 bridgehead atoms. The van der Waals surface area contributed by atoms with Crippen LogP contribution in [0.1, 0.15) is 37.7 Å². The molecule has 0 aliphatic carbocycles. The Labute approximate surface area is 130 Å². The maximum absolute atomic E-state index is 14.1. The minimum Gasteiger partial charge on any atom is -0.308 e. The van der Waals surface area contributed by atoms with Gasteiger partial charge in [0.05, 0.1) is 10.5 Å². The molecule has 1 aromatic heterocycles. The zero-order valence-corrected chi connectivity index (χ0v) is 13.9. The largest absolute Gasteiger partial charge is 0.308 e. The van der Waals surface area contributed by atoms with Crippen LogP contribution in [0.2, 0.25) is 0 Å². The van der Waals surface area contributed by atoms with Gasteiger partial charge in [-0.15, -0.1) is 10.2 Å². The molecule has 0 saturated heterocycles. The fourth-order valence-corrected chi connectivity index (χ4v) is 3.27. The van der Waals surface area contributed by atoms with Gasteiger partial charge >= 0.3 is 0 Å².